The standard InChI is InChI=1S/C14H18BrNO2/c15-10-3-4-14-12(8-10)13(5-7-18-14)16-11-2-1-6-17-9-11/h3-4,8,11,13,16H,1-2,5-7,9H2. The number of halogens is 1. The Hall–Kier alpha value is -0.580. The maximum absolute atomic E-state index is 5.71. The number of hydrogen-bond acceptors (Lipinski definition) is 3. The molecule has 3 rings (SSSR count). The van der Waals surface area contributed by atoms with Crippen molar-refractivity contribution >= 4 is 15.9 Å². The molecule has 3 nitrogen and oxygen atoms in total. The molecule has 0 amide bonds. The summed E-state index contributed by atoms with van der Waals surface area (Å²) >= 11 is 3.54. The summed E-state index contributed by atoms with van der Waals surface area (Å²) < 4.78 is 12.3. The fraction of sp³-hybridized carbons (Fsp3) is 0.571. The first-order chi connectivity index (χ1) is 8.83. The maximum Gasteiger partial charge on any atom is 0.124 e. The molecule has 0 saturated carbocycles. The lowest BCUT2D eigenvalue weighted by atomic mass is 9.98. The first-order valence-corrected chi connectivity index (χ1v) is 7.38. The Balaban J connectivity index is 1.75. The van der Waals surface area contributed by atoms with E-state index in [0.717, 1.165) is 42.9 Å². The van der Waals surface area contributed by atoms with Gasteiger partial charge < -0.3 is 14.8 Å². The van der Waals surface area contributed by atoms with Crippen LogP contribution in [0.2, 0.25) is 0 Å². The number of benzene rings is 1. The molecular formula is C14H18BrNO2. The highest BCUT2D eigenvalue weighted by molar-refractivity contribution is 9.10. The van der Waals surface area contributed by atoms with Crippen LogP contribution in [0.4, 0.5) is 0 Å². The molecule has 2 heterocycles. The van der Waals surface area contributed by atoms with E-state index in [1.54, 1.807) is 0 Å². The summed E-state index contributed by atoms with van der Waals surface area (Å²) in [6.07, 6.45) is 3.40. The van der Waals surface area contributed by atoms with E-state index in [0.29, 0.717) is 12.1 Å². The molecule has 4 heteroatoms. The summed E-state index contributed by atoms with van der Waals surface area (Å²) in [5.74, 6) is 1.01. The number of hydrogen-bond donors (Lipinski definition) is 1. The molecule has 98 valence electrons. The number of fused-ring (bicyclic) bond motifs is 1. The normalized spacial score (nSPS) is 27.4. The highest BCUT2D eigenvalue weighted by atomic mass is 79.9. The Labute approximate surface area is 116 Å². The minimum Gasteiger partial charge on any atom is -0.493 e. The van der Waals surface area contributed by atoms with Gasteiger partial charge in [-0.05, 0) is 31.0 Å². The van der Waals surface area contributed by atoms with Crippen molar-refractivity contribution in [3.63, 3.8) is 0 Å². The Morgan fingerprint density at radius 3 is 3.00 bits per heavy atom. The minimum absolute atomic E-state index is 0.387. The molecule has 18 heavy (non-hydrogen) atoms. The Bertz CT molecular complexity index is 418. The van der Waals surface area contributed by atoms with E-state index < -0.39 is 0 Å². The molecule has 1 fully saturated rings. The molecule has 1 aromatic carbocycles. The fourth-order valence-corrected chi connectivity index (χ4v) is 3.07. The van der Waals surface area contributed by atoms with Gasteiger partial charge in [0.05, 0.1) is 13.2 Å². The van der Waals surface area contributed by atoms with Gasteiger partial charge >= 0.3 is 0 Å². The van der Waals surface area contributed by atoms with E-state index in [2.05, 4.69) is 27.3 Å². The molecule has 2 aliphatic heterocycles. The second-order valence-corrected chi connectivity index (χ2v) is 5.87. The van der Waals surface area contributed by atoms with E-state index in [-0.39, 0.29) is 0 Å². The predicted molar refractivity (Wildman–Crippen MR) is 74.0 cm³/mol. The molecule has 1 N–H and O–H groups in total. The lowest BCUT2D eigenvalue weighted by Crippen LogP contribution is -2.40. The third kappa shape index (κ3) is 2.71. The van der Waals surface area contributed by atoms with Crippen molar-refractivity contribution in [3.8, 4) is 5.75 Å². The molecule has 0 spiro atoms. The summed E-state index contributed by atoms with van der Waals surface area (Å²) in [7, 11) is 0. The maximum atomic E-state index is 5.71. The van der Waals surface area contributed by atoms with Crippen LogP contribution in [-0.4, -0.2) is 25.9 Å². The third-order valence-corrected chi connectivity index (χ3v) is 4.10. The average molecular weight is 312 g/mol. The molecule has 2 aliphatic rings. The van der Waals surface area contributed by atoms with E-state index in [4.69, 9.17) is 9.47 Å². The quantitative estimate of drug-likeness (QED) is 0.910. The molecule has 0 aliphatic carbocycles. The summed E-state index contributed by atoms with van der Waals surface area (Å²) in [6, 6.07) is 7.11. The van der Waals surface area contributed by atoms with E-state index in [1.807, 2.05) is 12.1 Å². The molecule has 0 radical (unpaired) electrons. The average Bonchev–Trinajstić information content (AvgIpc) is 2.41. The lowest BCUT2D eigenvalue weighted by Gasteiger charge is -2.32. The van der Waals surface area contributed by atoms with Gasteiger partial charge in [0, 0.05) is 35.1 Å². The number of rotatable bonds is 2. The largest absolute Gasteiger partial charge is 0.493 e. The third-order valence-electron chi connectivity index (χ3n) is 3.61. The van der Waals surface area contributed by atoms with E-state index in [9.17, 15) is 0 Å². The van der Waals surface area contributed by atoms with Gasteiger partial charge in [-0.3, -0.25) is 0 Å². The van der Waals surface area contributed by atoms with E-state index >= 15 is 0 Å². The van der Waals surface area contributed by atoms with Crippen molar-refractivity contribution in [1.29, 1.82) is 0 Å². The van der Waals surface area contributed by atoms with Crippen molar-refractivity contribution in [3.05, 3.63) is 28.2 Å². The second-order valence-electron chi connectivity index (χ2n) is 4.95. The molecule has 2 unspecified atom stereocenters. The van der Waals surface area contributed by atoms with Crippen LogP contribution in [0.25, 0.3) is 0 Å². The molecule has 1 aromatic rings. The van der Waals surface area contributed by atoms with Crippen LogP contribution >= 0.6 is 15.9 Å². The number of ether oxygens (including phenoxy) is 2. The zero-order valence-corrected chi connectivity index (χ0v) is 11.9. The monoisotopic (exact) mass is 311 g/mol. The lowest BCUT2D eigenvalue weighted by molar-refractivity contribution is 0.0637. The van der Waals surface area contributed by atoms with Gasteiger partial charge in [-0.1, -0.05) is 15.9 Å². The van der Waals surface area contributed by atoms with Crippen LogP contribution in [0.15, 0.2) is 22.7 Å². The summed E-state index contributed by atoms with van der Waals surface area (Å²) in [6.45, 7) is 2.54. The zero-order valence-electron chi connectivity index (χ0n) is 10.3. The van der Waals surface area contributed by atoms with Gasteiger partial charge in [-0.25, -0.2) is 0 Å². The van der Waals surface area contributed by atoms with Gasteiger partial charge in [0.1, 0.15) is 5.75 Å². The molecule has 2 atom stereocenters. The summed E-state index contributed by atoms with van der Waals surface area (Å²) in [5, 5.41) is 3.72. The highest BCUT2D eigenvalue weighted by Crippen LogP contribution is 2.34. The smallest absolute Gasteiger partial charge is 0.124 e. The van der Waals surface area contributed by atoms with Crippen LogP contribution in [0.3, 0.4) is 0 Å². The fourth-order valence-electron chi connectivity index (χ4n) is 2.70. The van der Waals surface area contributed by atoms with Crippen LogP contribution < -0.4 is 10.1 Å². The molecule has 0 bridgehead atoms. The van der Waals surface area contributed by atoms with Crippen LogP contribution in [-0.2, 0) is 4.74 Å². The van der Waals surface area contributed by atoms with Gasteiger partial charge in [0.2, 0.25) is 0 Å². The highest BCUT2D eigenvalue weighted by Gasteiger charge is 2.25. The van der Waals surface area contributed by atoms with Gasteiger partial charge in [-0.15, -0.1) is 0 Å². The van der Waals surface area contributed by atoms with Crippen LogP contribution in [0.1, 0.15) is 30.9 Å². The topological polar surface area (TPSA) is 30.5 Å². The first-order valence-electron chi connectivity index (χ1n) is 6.59. The minimum atomic E-state index is 0.387. The second kappa shape index (κ2) is 5.59. The van der Waals surface area contributed by atoms with Crippen LogP contribution in [0, 0.1) is 0 Å². The van der Waals surface area contributed by atoms with E-state index in [1.165, 1.54) is 12.0 Å². The van der Waals surface area contributed by atoms with Gasteiger partial charge in [0.15, 0.2) is 0 Å². The SMILES string of the molecule is Brc1ccc2c(c1)C(NC1CCCOC1)CCO2. The van der Waals surface area contributed by atoms with Gasteiger partial charge in [-0.2, -0.15) is 0 Å². The molecular weight excluding hydrogens is 294 g/mol. The van der Waals surface area contributed by atoms with Crippen LogP contribution in [0.5, 0.6) is 5.75 Å². The Morgan fingerprint density at radius 2 is 2.17 bits per heavy atom. The first kappa shape index (κ1) is 12.5. The molecule has 0 aromatic heterocycles. The Morgan fingerprint density at radius 1 is 1.22 bits per heavy atom. The zero-order chi connectivity index (χ0) is 12.4. The molecule has 1 saturated heterocycles. The van der Waals surface area contributed by atoms with Gasteiger partial charge in [0.25, 0.3) is 0 Å². The summed E-state index contributed by atoms with van der Waals surface area (Å²) in [5.41, 5.74) is 1.26. The van der Waals surface area contributed by atoms with Crippen molar-refractivity contribution in [2.75, 3.05) is 19.8 Å². The van der Waals surface area contributed by atoms with Crippen molar-refractivity contribution in [2.45, 2.75) is 31.3 Å². The van der Waals surface area contributed by atoms with Crippen molar-refractivity contribution in [2.24, 2.45) is 0 Å². The van der Waals surface area contributed by atoms with Crippen molar-refractivity contribution in [1.82, 2.24) is 5.32 Å². The number of nitrogens with one attached hydrogen (secondary N) is 1. The predicted octanol–water partition coefficient (Wildman–Crippen LogP) is 3.04. The Kier molecular flexibility index (Phi) is 3.87. The van der Waals surface area contributed by atoms with Crippen molar-refractivity contribution < 1.29 is 9.47 Å². The summed E-state index contributed by atoms with van der Waals surface area (Å²) in [4.78, 5) is 0.